The van der Waals surface area contributed by atoms with Crippen LogP contribution in [-0.2, 0) is 14.8 Å². The monoisotopic (exact) mass is 309 g/mol. The minimum Gasteiger partial charge on any atom is -0.480 e. The van der Waals surface area contributed by atoms with E-state index in [1.54, 1.807) is 20.8 Å². The zero-order valence-electron chi connectivity index (χ0n) is 12.4. The van der Waals surface area contributed by atoms with Crippen LogP contribution in [0.25, 0.3) is 0 Å². The van der Waals surface area contributed by atoms with E-state index in [0.29, 0.717) is 0 Å². The fourth-order valence-corrected chi connectivity index (χ4v) is 2.03. The molecule has 0 saturated carbocycles. The van der Waals surface area contributed by atoms with Crippen LogP contribution < -0.4 is 10.6 Å². The topological polar surface area (TPSA) is 116 Å². The van der Waals surface area contributed by atoms with E-state index in [2.05, 4.69) is 10.6 Å². The Balaban J connectivity index is 4.41. The first kappa shape index (κ1) is 18.7. The molecular weight excluding hydrogens is 286 g/mol. The van der Waals surface area contributed by atoms with Gasteiger partial charge in [-0.2, -0.15) is 0 Å². The number of hydrogen-bond acceptors (Lipinski definition) is 4. The molecule has 0 rings (SSSR count). The molecule has 3 N–H and O–H groups in total. The van der Waals surface area contributed by atoms with Gasteiger partial charge < -0.3 is 15.7 Å². The lowest BCUT2D eigenvalue weighted by atomic mass is 9.87. The summed E-state index contributed by atoms with van der Waals surface area (Å²) in [5.74, 6) is -1.39. The molecule has 0 aliphatic rings. The van der Waals surface area contributed by atoms with Crippen molar-refractivity contribution in [3.63, 3.8) is 0 Å². The number of amides is 2. The second-order valence-electron chi connectivity index (χ2n) is 5.64. The molecule has 1 atom stereocenters. The Morgan fingerprint density at radius 2 is 1.75 bits per heavy atom. The van der Waals surface area contributed by atoms with E-state index in [1.165, 1.54) is 14.1 Å². The highest BCUT2D eigenvalue weighted by molar-refractivity contribution is 7.89. The molecule has 0 fully saturated rings. The second-order valence-corrected chi connectivity index (χ2v) is 7.94. The number of sulfonamides is 1. The minimum atomic E-state index is -3.39. The van der Waals surface area contributed by atoms with E-state index in [0.717, 1.165) is 4.31 Å². The Morgan fingerprint density at radius 1 is 1.25 bits per heavy atom. The summed E-state index contributed by atoms with van der Waals surface area (Å²) in [6, 6.07) is -1.77. The van der Waals surface area contributed by atoms with Crippen LogP contribution in [0.1, 0.15) is 20.8 Å². The lowest BCUT2D eigenvalue weighted by Gasteiger charge is -2.27. The first-order valence-corrected chi connectivity index (χ1v) is 7.66. The maximum atomic E-state index is 11.6. The molecule has 0 radical (unpaired) electrons. The molecule has 0 aromatic rings. The third-order valence-corrected chi connectivity index (χ3v) is 4.42. The highest BCUT2D eigenvalue weighted by atomic mass is 32.2. The number of carboxylic acids is 1. The van der Waals surface area contributed by atoms with Crippen molar-refractivity contribution in [3.05, 3.63) is 0 Å². The van der Waals surface area contributed by atoms with Gasteiger partial charge in [-0.15, -0.1) is 0 Å². The average molecular weight is 309 g/mol. The zero-order valence-corrected chi connectivity index (χ0v) is 13.2. The molecule has 118 valence electrons. The number of aliphatic carboxylic acids is 1. The van der Waals surface area contributed by atoms with Crippen LogP contribution in [0.2, 0.25) is 0 Å². The summed E-state index contributed by atoms with van der Waals surface area (Å²) in [7, 11) is -0.596. The van der Waals surface area contributed by atoms with Crippen LogP contribution in [0, 0.1) is 5.41 Å². The second kappa shape index (κ2) is 6.89. The fraction of sp³-hybridized carbons (Fsp3) is 0.818. The van der Waals surface area contributed by atoms with Gasteiger partial charge in [0.2, 0.25) is 10.0 Å². The van der Waals surface area contributed by atoms with Crippen molar-refractivity contribution < 1.29 is 23.1 Å². The van der Waals surface area contributed by atoms with Crippen LogP contribution >= 0.6 is 0 Å². The summed E-state index contributed by atoms with van der Waals surface area (Å²) in [5.41, 5.74) is -0.654. The first-order chi connectivity index (χ1) is 8.88. The molecule has 0 heterocycles. The molecular formula is C11H23N3O5S. The summed E-state index contributed by atoms with van der Waals surface area (Å²) >= 11 is 0. The van der Waals surface area contributed by atoms with Gasteiger partial charge in [0, 0.05) is 20.6 Å². The van der Waals surface area contributed by atoms with Crippen molar-refractivity contribution >= 4 is 22.0 Å². The van der Waals surface area contributed by atoms with E-state index in [4.69, 9.17) is 5.11 Å². The molecule has 2 amide bonds. The summed E-state index contributed by atoms with van der Waals surface area (Å²) in [6.45, 7) is 4.95. The van der Waals surface area contributed by atoms with E-state index in [-0.39, 0.29) is 12.3 Å². The summed E-state index contributed by atoms with van der Waals surface area (Å²) in [6.07, 6.45) is 0. The zero-order chi connectivity index (χ0) is 16.1. The molecule has 9 heteroatoms. The van der Waals surface area contributed by atoms with Crippen molar-refractivity contribution in [3.8, 4) is 0 Å². The predicted molar refractivity (Wildman–Crippen MR) is 74.9 cm³/mol. The fourth-order valence-electron chi connectivity index (χ4n) is 1.31. The molecule has 0 aromatic carbocycles. The van der Waals surface area contributed by atoms with Crippen molar-refractivity contribution in [1.29, 1.82) is 0 Å². The molecule has 0 unspecified atom stereocenters. The lowest BCUT2D eigenvalue weighted by molar-refractivity contribution is -0.141. The van der Waals surface area contributed by atoms with Gasteiger partial charge in [-0.3, -0.25) is 0 Å². The van der Waals surface area contributed by atoms with Gasteiger partial charge in [-0.1, -0.05) is 20.8 Å². The summed E-state index contributed by atoms with van der Waals surface area (Å²) < 4.78 is 24.0. The Morgan fingerprint density at radius 3 is 2.10 bits per heavy atom. The largest absolute Gasteiger partial charge is 0.480 e. The molecule has 8 nitrogen and oxygen atoms in total. The number of carbonyl (C=O) groups is 2. The van der Waals surface area contributed by atoms with Crippen molar-refractivity contribution in [1.82, 2.24) is 14.9 Å². The van der Waals surface area contributed by atoms with Crippen LogP contribution in [0.5, 0.6) is 0 Å². The van der Waals surface area contributed by atoms with Gasteiger partial charge in [0.25, 0.3) is 0 Å². The Labute approximate surface area is 119 Å². The third kappa shape index (κ3) is 6.20. The number of rotatable bonds is 6. The smallest absolute Gasteiger partial charge is 0.326 e. The predicted octanol–water partition coefficient (Wildman–Crippen LogP) is -0.324. The molecule has 0 aromatic heterocycles. The number of carbonyl (C=O) groups excluding carboxylic acids is 1. The highest BCUT2D eigenvalue weighted by Crippen LogP contribution is 2.19. The van der Waals surface area contributed by atoms with Crippen LogP contribution in [0.4, 0.5) is 4.79 Å². The molecule has 0 aliphatic carbocycles. The van der Waals surface area contributed by atoms with Gasteiger partial charge in [0.15, 0.2) is 0 Å². The third-order valence-electron chi connectivity index (χ3n) is 2.59. The van der Waals surface area contributed by atoms with Crippen molar-refractivity contribution in [2.45, 2.75) is 26.8 Å². The first-order valence-electron chi connectivity index (χ1n) is 6.05. The standard InChI is InChI=1S/C11H23N3O5S/c1-11(2,3)8(9(15)16)13-10(17)12-6-7-20(18,19)14(4)5/h8H,6-7H2,1-5H3,(H,15,16)(H2,12,13,17)/t8-/m1/s1. The van der Waals surface area contributed by atoms with E-state index in [1.807, 2.05) is 0 Å². The average Bonchev–Trinajstić information content (AvgIpc) is 2.23. The molecule has 0 saturated heterocycles. The van der Waals surface area contributed by atoms with E-state index < -0.39 is 33.5 Å². The van der Waals surface area contributed by atoms with Gasteiger partial charge >= 0.3 is 12.0 Å². The van der Waals surface area contributed by atoms with Gasteiger partial charge in [-0.05, 0) is 5.41 Å². The van der Waals surface area contributed by atoms with Gasteiger partial charge in [0.1, 0.15) is 6.04 Å². The SMILES string of the molecule is CN(C)S(=O)(=O)CCNC(=O)N[C@H](C(=O)O)C(C)(C)C. The lowest BCUT2D eigenvalue weighted by Crippen LogP contribution is -2.52. The van der Waals surface area contributed by atoms with Crippen LogP contribution in [0.3, 0.4) is 0 Å². The summed E-state index contributed by atoms with van der Waals surface area (Å²) in [5, 5.41) is 13.7. The van der Waals surface area contributed by atoms with Gasteiger partial charge in [0.05, 0.1) is 5.75 Å². The van der Waals surface area contributed by atoms with Crippen molar-refractivity contribution in [2.24, 2.45) is 5.41 Å². The number of nitrogens with zero attached hydrogens (tertiary/aromatic N) is 1. The Kier molecular flexibility index (Phi) is 6.42. The molecule has 0 bridgehead atoms. The number of carboxylic acid groups (broad SMARTS) is 1. The normalized spacial score (nSPS) is 13.9. The van der Waals surface area contributed by atoms with Crippen molar-refractivity contribution in [2.75, 3.05) is 26.4 Å². The van der Waals surface area contributed by atoms with Crippen LogP contribution in [-0.4, -0.2) is 62.3 Å². The maximum Gasteiger partial charge on any atom is 0.326 e. The Bertz CT molecular complexity index is 453. The summed E-state index contributed by atoms with van der Waals surface area (Å²) in [4.78, 5) is 22.6. The van der Waals surface area contributed by atoms with Crippen LogP contribution in [0.15, 0.2) is 0 Å². The number of hydrogen-bond donors (Lipinski definition) is 3. The Hall–Kier alpha value is -1.35. The maximum absolute atomic E-state index is 11.6. The molecule has 0 spiro atoms. The number of nitrogens with one attached hydrogen (secondary N) is 2. The van der Waals surface area contributed by atoms with E-state index in [9.17, 15) is 18.0 Å². The number of urea groups is 1. The molecule has 0 aliphatic heterocycles. The highest BCUT2D eigenvalue weighted by Gasteiger charge is 2.32. The minimum absolute atomic E-state index is 0.0944. The molecule has 20 heavy (non-hydrogen) atoms. The quantitative estimate of drug-likeness (QED) is 0.621. The van der Waals surface area contributed by atoms with Gasteiger partial charge in [-0.25, -0.2) is 22.3 Å². The van der Waals surface area contributed by atoms with E-state index >= 15 is 0 Å².